The lowest BCUT2D eigenvalue weighted by Crippen LogP contribution is -2.49. The van der Waals surface area contributed by atoms with Crippen LogP contribution in [-0.2, 0) is 4.74 Å². The van der Waals surface area contributed by atoms with E-state index in [-0.39, 0.29) is 11.4 Å². The first kappa shape index (κ1) is 12.0. The van der Waals surface area contributed by atoms with Gasteiger partial charge in [0.15, 0.2) is 5.78 Å². The Morgan fingerprint density at radius 2 is 2.29 bits per heavy atom. The average Bonchev–Trinajstić information content (AvgIpc) is 2.27. The molecule has 1 aliphatic heterocycles. The number of rotatable bonds is 2. The van der Waals surface area contributed by atoms with Crippen LogP contribution in [0.3, 0.4) is 0 Å². The van der Waals surface area contributed by atoms with E-state index >= 15 is 0 Å². The molecule has 1 aromatic heterocycles. The molecule has 92 valence electrons. The number of pyridine rings is 1. The summed E-state index contributed by atoms with van der Waals surface area (Å²) in [7, 11) is 0. The number of carbonyl (C=O) groups is 1. The van der Waals surface area contributed by atoms with Gasteiger partial charge in [-0.2, -0.15) is 0 Å². The summed E-state index contributed by atoms with van der Waals surface area (Å²) in [5, 5.41) is 0. The van der Waals surface area contributed by atoms with Crippen LogP contribution in [0.4, 0.5) is 5.82 Å². The minimum absolute atomic E-state index is 0.0531. The predicted molar refractivity (Wildman–Crippen MR) is 66.5 cm³/mol. The number of carbonyl (C=O) groups excluding carboxylic acids is 1. The Balaban J connectivity index is 2.30. The number of Topliss-reactive ketones (excluding diaryl/α,β-unsaturated/α-hetero) is 1. The summed E-state index contributed by atoms with van der Waals surface area (Å²) in [5.41, 5.74) is 0.495. The van der Waals surface area contributed by atoms with Crippen molar-refractivity contribution in [3.63, 3.8) is 0 Å². The van der Waals surface area contributed by atoms with Gasteiger partial charge in [0, 0.05) is 19.3 Å². The van der Waals surface area contributed by atoms with Gasteiger partial charge in [-0.15, -0.1) is 0 Å². The molecule has 0 aromatic carbocycles. The highest BCUT2D eigenvalue weighted by molar-refractivity contribution is 5.98. The Labute approximate surface area is 102 Å². The number of hydrogen-bond acceptors (Lipinski definition) is 4. The normalized spacial score (nSPS) is 19.1. The molecule has 2 heterocycles. The number of nitrogens with zero attached hydrogens (tertiary/aromatic N) is 2. The first-order chi connectivity index (χ1) is 7.99. The molecule has 0 N–H and O–H groups in total. The van der Waals surface area contributed by atoms with Crippen molar-refractivity contribution in [3.05, 3.63) is 23.9 Å². The van der Waals surface area contributed by atoms with E-state index in [0.717, 1.165) is 18.9 Å². The molecule has 0 unspecified atom stereocenters. The Kier molecular flexibility index (Phi) is 3.15. The zero-order chi connectivity index (χ0) is 12.5. The third-order valence-corrected chi connectivity index (χ3v) is 2.89. The molecule has 0 atom stereocenters. The Hall–Kier alpha value is -1.42. The quantitative estimate of drug-likeness (QED) is 0.733. The highest BCUT2D eigenvalue weighted by Gasteiger charge is 2.29. The van der Waals surface area contributed by atoms with Crippen LogP contribution in [0.1, 0.15) is 31.1 Å². The molecule has 17 heavy (non-hydrogen) atoms. The third kappa shape index (κ3) is 2.64. The minimum Gasteiger partial charge on any atom is -0.372 e. The molecule has 1 aromatic rings. The van der Waals surface area contributed by atoms with Crippen LogP contribution in [0.2, 0.25) is 0 Å². The minimum atomic E-state index is -0.191. The van der Waals surface area contributed by atoms with E-state index in [4.69, 9.17) is 4.74 Å². The molecule has 2 rings (SSSR count). The molecule has 4 heteroatoms. The molecule has 0 spiro atoms. The van der Waals surface area contributed by atoms with Crippen LogP contribution in [0.5, 0.6) is 0 Å². The van der Waals surface area contributed by atoms with Crippen LogP contribution >= 0.6 is 0 Å². The monoisotopic (exact) mass is 234 g/mol. The van der Waals surface area contributed by atoms with E-state index in [0.29, 0.717) is 12.2 Å². The van der Waals surface area contributed by atoms with Crippen molar-refractivity contribution in [2.24, 2.45) is 0 Å². The molecule has 4 nitrogen and oxygen atoms in total. The van der Waals surface area contributed by atoms with Crippen molar-refractivity contribution in [1.82, 2.24) is 4.98 Å². The Bertz CT molecular complexity index is 429. The molecule has 0 bridgehead atoms. The fraction of sp³-hybridized carbons (Fsp3) is 0.538. The van der Waals surface area contributed by atoms with Gasteiger partial charge in [0.25, 0.3) is 0 Å². The van der Waals surface area contributed by atoms with Gasteiger partial charge in [0.2, 0.25) is 0 Å². The standard InChI is InChI=1S/C13H18N2O2/c1-10(16)11-5-4-6-14-12(11)15-7-8-17-13(2,3)9-15/h4-6H,7-9H2,1-3H3. The van der Waals surface area contributed by atoms with Gasteiger partial charge in [-0.25, -0.2) is 4.98 Å². The maximum absolute atomic E-state index is 11.6. The third-order valence-electron chi connectivity index (χ3n) is 2.89. The molecular weight excluding hydrogens is 216 g/mol. The predicted octanol–water partition coefficient (Wildman–Crippen LogP) is 1.90. The van der Waals surface area contributed by atoms with E-state index in [9.17, 15) is 4.79 Å². The van der Waals surface area contributed by atoms with Gasteiger partial charge in [-0.05, 0) is 32.9 Å². The van der Waals surface area contributed by atoms with Crippen molar-refractivity contribution >= 4 is 11.6 Å². The molecule has 1 fully saturated rings. The second-order valence-corrected chi connectivity index (χ2v) is 4.96. The highest BCUT2D eigenvalue weighted by Crippen LogP contribution is 2.24. The smallest absolute Gasteiger partial charge is 0.163 e. The summed E-state index contributed by atoms with van der Waals surface area (Å²) in [6.07, 6.45) is 1.73. The number of morpholine rings is 1. The molecule has 0 amide bonds. The SMILES string of the molecule is CC(=O)c1cccnc1N1CCOC(C)(C)C1. The number of ketones is 1. The number of aromatic nitrogens is 1. The number of ether oxygens (including phenoxy) is 1. The van der Waals surface area contributed by atoms with Crippen molar-refractivity contribution < 1.29 is 9.53 Å². The van der Waals surface area contributed by atoms with Gasteiger partial charge in [0.05, 0.1) is 17.8 Å². The number of anilines is 1. The zero-order valence-electron chi connectivity index (χ0n) is 10.6. The Morgan fingerprint density at radius 1 is 1.53 bits per heavy atom. The summed E-state index contributed by atoms with van der Waals surface area (Å²) < 4.78 is 5.66. The lowest BCUT2D eigenvalue weighted by atomic mass is 10.1. The highest BCUT2D eigenvalue weighted by atomic mass is 16.5. The molecule has 0 aliphatic carbocycles. The van der Waals surface area contributed by atoms with Crippen molar-refractivity contribution in [3.8, 4) is 0 Å². The van der Waals surface area contributed by atoms with Crippen molar-refractivity contribution in [1.29, 1.82) is 0 Å². The van der Waals surface area contributed by atoms with Crippen molar-refractivity contribution in [2.75, 3.05) is 24.6 Å². The zero-order valence-corrected chi connectivity index (χ0v) is 10.6. The van der Waals surface area contributed by atoms with E-state index < -0.39 is 0 Å². The molecule has 0 radical (unpaired) electrons. The van der Waals surface area contributed by atoms with Gasteiger partial charge < -0.3 is 9.64 Å². The maximum Gasteiger partial charge on any atom is 0.163 e. The van der Waals surface area contributed by atoms with E-state index in [2.05, 4.69) is 23.7 Å². The van der Waals surface area contributed by atoms with Gasteiger partial charge in [-0.1, -0.05) is 0 Å². The second kappa shape index (κ2) is 4.45. The molecule has 0 saturated carbocycles. The lowest BCUT2D eigenvalue weighted by molar-refractivity contribution is -0.0279. The van der Waals surface area contributed by atoms with Crippen molar-refractivity contribution in [2.45, 2.75) is 26.4 Å². The average molecular weight is 234 g/mol. The van der Waals surface area contributed by atoms with Gasteiger partial charge >= 0.3 is 0 Å². The first-order valence-electron chi connectivity index (χ1n) is 5.84. The van der Waals surface area contributed by atoms with E-state index in [1.165, 1.54) is 0 Å². The Morgan fingerprint density at radius 3 is 2.94 bits per heavy atom. The fourth-order valence-electron chi connectivity index (χ4n) is 2.12. The van der Waals surface area contributed by atoms with Crippen LogP contribution in [-0.4, -0.2) is 36.1 Å². The van der Waals surface area contributed by atoms with E-state index in [1.807, 2.05) is 6.07 Å². The van der Waals surface area contributed by atoms with Crippen LogP contribution in [0, 0.1) is 0 Å². The molecule has 1 aliphatic rings. The fourth-order valence-corrected chi connectivity index (χ4v) is 2.12. The van der Waals surface area contributed by atoms with Crippen LogP contribution < -0.4 is 4.90 Å². The van der Waals surface area contributed by atoms with Crippen LogP contribution in [0.25, 0.3) is 0 Å². The largest absolute Gasteiger partial charge is 0.372 e. The second-order valence-electron chi connectivity index (χ2n) is 4.96. The topological polar surface area (TPSA) is 42.4 Å². The lowest BCUT2D eigenvalue weighted by Gasteiger charge is -2.39. The summed E-state index contributed by atoms with van der Waals surface area (Å²) >= 11 is 0. The summed E-state index contributed by atoms with van der Waals surface area (Å²) in [4.78, 5) is 18.0. The number of hydrogen-bond donors (Lipinski definition) is 0. The van der Waals surface area contributed by atoms with Crippen LogP contribution in [0.15, 0.2) is 18.3 Å². The van der Waals surface area contributed by atoms with E-state index in [1.54, 1.807) is 19.2 Å². The first-order valence-corrected chi connectivity index (χ1v) is 5.84. The molecule has 1 saturated heterocycles. The maximum atomic E-state index is 11.6. The summed E-state index contributed by atoms with van der Waals surface area (Å²) in [6, 6.07) is 3.62. The van der Waals surface area contributed by atoms with Gasteiger partial charge in [0.1, 0.15) is 5.82 Å². The van der Waals surface area contributed by atoms with Gasteiger partial charge in [-0.3, -0.25) is 4.79 Å². The molecular formula is C13H18N2O2. The summed E-state index contributed by atoms with van der Waals surface area (Å²) in [5.74, 6) is 0.828. The summed E-state index contributed by atoms with van der Waals surface area (Å²) in [6.45, 7) is 7.88.